The van der Waals surface area contributed by atoms with E-state index in [1.165, 1.54) is 11.7 Å². The second kappa shape index (κ2) is 5.52. The minimum absolute atomic E-state index is 0.154. The number of hydrogen-bond acceptors (Lipinski definition) is 2. The van der Waals surface area contributed by atoms with Crippen LogP contribution >= 0.6 is 0 Å². The van der Waals surface area contributed by atoms with Crippen LogP contribution in [0.4, 0.5) is 13.2 Å². The number of nitrogens with zero attached hydrogens (tertiary/aromatic N) is 3. The zero-order valence-corrected chi connectivity index (χ0v) is 12.5. The van der Waals surface area contributed by atoms with E-state index in [1.54, 1.807) is 19.1 Å². The SMILES string of the molecule is Cc1c(-c2ccc(CN(C)C)cc2)c(C(F)(F)F)nn1C. The van der Waals surface area contributed by atoms with Gasteiger partial charge < -0.3 is 4.90 Å². The number of rotatable bonds is 3. The summed E-state index contributed by atoms with van der Waals surface area (Å²) in [7, 11) is 5.41. The van der Waals surface area contributed by atoms with E-state index in [0.29, 0.717) is 11.3 Å². The van der Waals surface area contributed by atoms with E-state index in [-0.39, 0.29) is 5.56 Å². The molecule has 0 unspecified atom stereocenters. The second-order valence-electron chi connectivity index (χ2n) is 5.37. The van der Waals surface area contributed by atoms with Crippen molar-refractivity contribution in [1.82, 2.24) is 14.7 Å². The van der Waals surface area contributed by atoms with Crippen molar-refractivity contribution >= 4 is 0 Å². The summed E-state index contributed by atoms with van der Waals surface area (Å²) >= 11 is 0. The fourth-order valence-electron chi connectivity index (χ4n) is 2.29. The van der Waals surface area contributed by atoms with Crippen LogP contribution in [0, 0.1) is 6.92 Å². The van der Waals surface area contributed by atoms with Crippen LogP contribution in [0.25, 0.3) is 11.1 Å². The highest BCUT2D eigenvalue weighted by molar-refractivity contribution is 5.69. The highest BCUT2D eigenvalue weighted by Crippen LogP contribution is 2.38. The lowest BCUT2D eigenvalue weighted by atomic mass is 10.0. The number of hydrogen-bond donors (Lipinski definition) is 0. The number of aromatic nitrogens is 2. The van der Waals surface area contributed by atoms with E-state index >= 15 is 0 Å². The molecule has 0 spiro atoms. The lowest BCUT2D eigenvalue weighted by Crippen LogP contribution is -2.10. The summed E-state index contributed by atoms with van der Waals surface area (Å²) < 4.78 is 40.6. The van der Waals surface area contributed by atoms with Crippen LogP contribution in [0.5, 0.6) is 0 Å². The lowest BCUT2D eigenvalue weighted by Gasteiger charge is -2.11. The highest BCUT2D eigenvalue weighted by Gasteiger charge is 2.38. The molecule has 1 heterocycles. The molecule has 0 amide bonds. The first kappa shape index (κ1) is 15.6. The van der Waals surface area contributed by atoms with E-state index in [4.69, 9.17) is 0 Å². The number of aryl methyl sites for hydroxylation is 1. The Kier molecular flexibility index (Phi) is 4.09. The molecule has 1 aromatic heterocycles. The quantitative estimate of drug-likeness (QED) is 0.865. The lowest BCUT2D eigenvalue weighted by molar-refractivity contribution is -0.140. The molecule has 21 heavy (non-hydrogen) atoms. The predicted molar refractivity (Wildman–Crippen MR) is 75.8 cm³/mol. The molecule has 3 nitrogen and oxygen atoms in total. The average Bonchev–Trinajstić information content (AvgIpc) is 2.66. The molecule has 0 N–H and O–H groups in total. The van der Waals surface area contributed by atoms with Gasteiger partial charge in [-0.25, -0.2) is 0 Å². The van der Waals surface area contributed by atoms with Gasteiger partial charge in [0, 0.05) is 24.8 Å². The van der Waals surface area contributed by atoms with Crippen LogP contribution in [0.3, 0.4) is 0 Å². The summed E-state index contributed by atoms with van der Waals surface area (Å²) in [4.78, 5) is 2.01. The van der Waals surface area contributed by atoms with Gasteiger partial charge >= 0.3 is 6.18 Å². The third kappa shape index (κ3) is 3.26. The van der Waals surface area contributed by atoms with Crippen LogP contribution in [0.15, 0.2) is 24.3 Å². The van der Waals surface area contributed by atoms with Crippen molar-refractivity contribution in [2.24, 2.45) is 7.05 Å². The minimum Gasteiger partial charge on any atom is -0.305 e. The predicted octanol–water partition coefficient (Wildman–Crippen LogP) is 3.48. The third-order valence-corrected chi connectivity index (χ3v) is 3.34. The fraction of sp³-hybridized carbons (Fsp3) is 0.400. The number of halogens is 3. The molecule has 0 bridgehead atoms. The molecule has 2 aromatic rings. The first-order chi connectivity index (χ1) is 9.70. The first-order valence-electron chi connectivity index (χ1n) is 6.55. The first-order valence-corrected chi connectivity index (χ1v) is 6.55. The highest BCUT2D eigenvalue weighted by atomic mass is 19.4. The zero-order valence-electron chi connectivity index (χ0n) is 12.5. The zero-order chi connectivity index (χ0) is 15.8. The summed E-state index contributed by atoms with van der Waals surface area (Å²) in [5.74, 6) is 0. The largest absolute Gasteiger partial charge is 0.435 e. The van der Waals surface area contributed by atoms with Gasteiger partial charge in [-0.1, -0.05) is 24.3 Å². The van der Waals surface area contributed by atoms with Gasteiger partial charge in [0.05, 0.1) is 0 Å². The van der Waals surface area contributed by atoms with Gasteiger partial charge in [-0.15, -0.1) is 0 Å². The Bertz CT molecular complexity index is 625. The van der Waals surface area contributed by atoms with Crippen LogP contribution in [0.1, 0.15) is 17.0 Å². The molecule has 0 atom stereocenters. The molecule has 0 aliphatic carbocycles. The van der Waals surface area contributed by atoms with Gasteiger partial charge in [0.2, 0.25) is 0 Å². The van der Waals surface area contributed by atoms with Gasteiger partial charge in [0.1, 0.15) is 0 Å². The molecule has 0 saturated carbocycles. The maximum absolute atomic E-state index is 13.1. The maximum atomic E-state index is 13.1. The monoisotopic (exact) mass is 297 g/mol. The van der Waals surface area contributed by atoms with Crippen molar-refractivity contribution in [3.8, 4) is 11.1 Å². The molecular formula is C15H18F3N3. The molecule has 0 radical (unpaired) electrons. The normalized spacial score (nSPS) is 12.2. The molecular weight excluding hydrogens is 279 g/mol. The van der Waals surface area contributed by atoms with Crippen LogP contribution in [-0.4, -0.2) is 28.8 Å². The number of benzene rings is 1. The smallest absolute Gasteiger partial charge is 0.305 e. The molecule has 6 heteroatoms. The molecule has 0 saturated heterocycles. The standard InChI is InChI=1S/C15H18F3N3/c1-10-13(14(15(16,17)18)19-21(10)4)12-7-5-11(6-8-12)9-20(2)3/h5-8H,9H2,1-4H3. The van der Waals surface area contributed by atoms with Crippen molar-refractivity contribution < 1.29 is 13.2 Å². The van der Waals surface area contributed by atoms with Crippen molar-refractivity contribution in [3.63, 3.8) is 0 Å². The van der Waals surface area contributed by atoms with Crippen molar-refractivity contribution in [2.75, 3.05) is 14.1 Å². The van der Waals surface area contributed by atoms with Crippen molar-refractivity contribution in [1.29, 1.82) is 0 Å². The average molecular weight is 297 g/mol. The van der Waals surface area contributed by atoms with Crippen molar-refractivity contribution in [2.45, 2.75) is 19.6 Å². The third-order valence-electron chi connectivity index (χ3n) is 3.34. The summed E-state index contributed by atoms with van der Waals surface area (Å²) in [6.07, 6.45) is -4.45. The Balaban J connectivity index is 2.47. The van der Waals surface area contributed by atoms with Crippen molar-refractivity contribution in [3.05, 3.63) is 41.2 Å². The van der Waals surface area contributed by atoms with Crippen LogP contribution in [-0.2, 0) is 19.8 Å². The van der Waals surface area contributed by atoms with Crippen LogP contribution in [0.2, 0.25) is 0 Å². The summed E-state index contributed by atoms with van der Waals surface area (Å²) in [6.45, 7) is 2.39. The Labute approximate surface area is 122 Å². The van der Waals surface area contributed by atoms with E-state index < -0.39 is 11.9 Å². The van der Waals surface area contributed by atoms with E-state index in [2.05, 4.69) is 5.10 Å². The maximum Gasteiger partial charge on any atom is 0.435 e. The minimum atomic E-state index is -4.45. The second-order valence-corrected chi connectivity index (χ2v) is 5.37. The molecule has 0 aliphatic rings. The van der Waals surface area contributed by atoms with Gasteiger partial charge in [0.25, 0.3) is 0 Å². The van der Waals surface area contributed by atoms with Gasteiger partial charge in [-0.3, -0.25) is 4.68 Å². The summed E-state index contributed by atoms with van der Waals surface area (Å²) in [5, 5.41) is 3.61. The van der Waals surface area contributed by atoms with E-state index in [1.807, 2.05) is 31.1 Å². The van der Waals surface area contributed by atoms with E-state index in [9.17, 15) is 13.2 Å². The fourth-order valence-corrected chi connectivity index (χ4v) is 2.29. The molecule has 114 valence electrons. The Morgan fingerprint density at radius 2 is 1.71 bits per heavy atom. The molecule has 0 fully saturated rings. The Morgan fingerprint density at radius 3 is 2.19 bits per heavy atom. The Morgan fingerprint density at radius 1 is 1.14 bits per heavy atom. The molecule has 0 aliphatic heterocycles. The van der Waals surface area contributed by atoms with Gasteiger partial charge in [0.15, 0.2) is 5.69 Å². The molecule has 1 aromatic carbocycles. The van der Waals surface area contributed by atoms with Crippen LogP contribution < -0.4 is 0 Å². The Hall–Kier alpha value is -1.82. The number of alkyl halides is 3. The van der Waals surface area contributed by atoms with Gasteiger partial charge in [-0.05, 0) is 32.1 Å². The van der Waals surface area contributed by atoms with E-state index in [0.717, 1.165) is 12.1 Å². The molecule has 2 rings (SSSR count). The summed E-state index contributed by atoms with van der Waals surface area (Å²) in [5.41, 5.74) is 1.42. The summed E-state index contributed by atoms with van der Waals surface area (Å²) in [6, 6.07) is 7.14. The topological polar surface area (TPSA) is 21.1 Å². The van der Waals surface area contributed by atoms with Gasteiger partial charge in [-0.2, -0.15) is 18.3 Å².